The van der Waals surface area contributed by atoms with Crippen LogP contribution in [0.25, 0.3) is 0 Å². The Morgan fingerprint density at radius 3 is 2.73 bits per heavy atom. The van der Waals surface area contributed by atoms with Gasteiger partial charge in [0.1, 0.15) is 28.1 Å². The molecular formula is C21H16FN3O4S. The zero-order valence-electron chi connectivity index (χ0n) is 15.8. The second-order valence-electron chi connectivity index (χ2n) is 6.08. The number of amides is 1. The van der Waals surface area contributed by atoms with Gasteiger partial charge in [-0.25, -0.2) is 14.2 Å². The maximum atomic E-state index is 12.9. The lowest BCUT2D eigenvalue weighted by atomic mass is 10.2. The molecule has 30 heavy (non-hydrogen) atoms. The number of aromatic nitrogens is 1. The largest absolute Gasteiger partial charge is 0.486 e. The van der Waals surface area contributed by atoms with Gasteiger partial charge in [0.05, 0.1) is 17.3 Å². The van der Waals surface area contributed by atoms with E-state index in [1.54, 1.807) is 25.1 Å². The molecule has 0 radical (unpaired) electrons. The Balaban J connectivity index is 1.53. The fraction of sp³-hybridized carbons (Fsp3) is 0.143. The van der Waals surface area contributed by atoms with Gasteiger partial charge < -0.3 is 14.8 Å². The molecular weight excluding hydrogens is 409 g/mol. The lowest BCUT2D eigenvalue weighted by Gasteiger charge is -2.06. The van der Waals surface area contributed by atoms with E-state index in [0.717, 1.165) is 11.3 Å². The lowest BCUT2D eigenvalue weighted by molar-refractivity contribution is -0.119. The summed E-state index contributed by atoms with van der Waals surface area (Å²) in [6, 6.07) is 13.9. The molecule has 0 aliphatic carbocycles. The maximum Gasteiger partial charge on any atom is 0.350 e. The second-order valence-corrected chi connectivity index (χ2v) is 7.17. The van der Waals surface area contributed by atoms with Crippen molar-refractivity contribution < 1.29 is 23.5 Å². The summed E-state index contributed by atoms with van der Waals surface area (Å²) in [6.07, 6.45) is 0. The van der Waals surface area contributed by atoms with Crippen LogP contribution in [0, 0.1) is 24.1 Å². The van der Waals surface area contributed by atoms with Crippen molar-refractivity contribution in [1.29, 1.82) is 5.26 Å². The number of carbonyl (C=O) groups excluding carboxylic acids is 2. The number of halogens is 1. The topological polar surface area (TPSA) is 101 Å². The van der Waals surface area contributed by atoms with Gasteiger partial charge in [0, 0.05) is 5.69 Å². The van der Waals surface area contributed by atoms with Crippen molar-refractivity contribution in [1.82, 2.24) is 4.98 Å². The van der Waals surface area contributed by atoms with Gasteiger partial charge in [0.15, 0.2) is 6.61 Å². The smallest absolute Gasteiger partial charge is 0.350 e. The summed E-state index contributed by atoms with van der Waals surface area (Å²) in [4.78, 5) is 28.8. The van der Waals surface area contributed by atoms with Crippen LogP contribution in [0.1, 0.15) is 25.9 Å². The zero-order chi connectivity index (χ0) is 21.5. The van der Waals surface area contributed by atoms with E-state index in [1.807, 2.05) is 6.07 Å². The monoisotopic (exact) mass is 425 g/mol. The average Bonchev–Trinajstić information content (AvgIpc) is 3.12. The van der Waals surface area contributed by atoms with E-state index in [-0.39, 0.29) is 17.3 Å². The molecule has 3 aromatic rings. The highest BCUT2D eigenvalue weighted by atomic mass is 32.1. The number of anilines is 1. The van der Waals surface area contributed by atoms with Crippen LogP contribution in [0.5, 0.6) is 5.75 Å². The molecule has 1 heterocycles. The van der Waals surface area contributed by atoms with Crippen molar-refractivity contribution in [2.45, 2.75) is 13.5 Å². The molecule has 2 aromatic carbocycles. The quantitative estimate of drug-likeness (QED) is 0.577. The summed E-state index contributed by atoms with van der Waals surface area (Å²) in [7, 11) is 0. The minimum absolute atomic E-state index is 0.111. The molecule has 0 spiro atoms. The molecule has 1 aromatic heterocycles. The molecule has 3 rings (SSSR count). The van der Waals surface area contributed by atoms with E-state index in [9.17, 15) is 14.0 Å². The number of aryl methyl sites for hydroxylation is 1. The summed E-state index contributed by atoms with van der Waals surface area (Å²) < 4.78 is 23.5. The summed E-state index contributed by atoms with van der Waals surface area (Å²) in [6.45, 7) is 1.29. The first-order chi connectivity index (χ1) is 14.4. The molecule has 0 saturated heterocycles. The number of nitrogens with zero attached hydrogens (tertiary/aromatic N) is 2. The molecule has 1 N–H and O–H groups in total. The van der Waals surface area contributed by atoms with Crippen molar-refractivity contribution in [3.63, 3.8) is 0 Å². The van der Waals surface area contributed by atoms with E-state index < -0.39 is 18.5 Å². The molecule has 0 atom stereocenters. The number of esters is 1. The summed E-state index contributed by atoms with van der Waals surface area (Å²) in [5.41, 5.74) is 1.30. The van der Waals surface area contributed by atoms with Crippen LogP contribution in [0.2, 0.25) is 0 Å². The number of carbonyl (C=O) groups is 2. The third kappa shape index (κ3) is 5.62. The Morgan fingerprint density at radius 2 is 2.00 bits per heavy atom. The van der Waals surface area contributed by atoms with Crippen LogP contribution in [0.15, 0.2) is 48.5 Å². The van der Waals surface area contributed by atoms with Crippen molar-refractivity contribution in [2.24, 2.45) is 0 Å². The molecule has 0 fully saturated rings. The van der Waals surface area contributed by atoms with Gasteiger partial charge in [0.2, 0.25) is 0 Å². The Labute approximate surface area is 175 Å². The highest BCUT2D eigenvalue weighted by Crippen LogP contribution is 2.21. The lowest BCUT2D eigenvalue weighted by Crippen LogP contribution is -2.20. The number of benzene rings is 2. The number of rotatable bonds is 7. The van der Waals surface area contributed by atoms with E-state index in [2.05, 4.69) is 10.3 Å². The number of thiazole rings is 1. The maximum absolute atomic E-state index is 12.9. The predicted molar refractivity (Wildman–Crippen MR) is 108 cm³/mol. The molecule has 0 unspecified atom stereocenters. The fourth-order valence-electron chi connectivity index (χ4n) is 2.44. The molecule has 152 valence electrons. The van der Waals surface area contributed by atoms with Crippen LogP contribution in [0.4, 0.5) is 10.1 Å². The van der Waals surface area contributed by atoms with Gasteiger partial charge in [0.25, 0.3) is 5.91 Å². The van der Waals surface area contributed by atoms with E-state index >= 15 is 0 Å². The molecule has 9 heteroatoms. The van der Waals surface area contributed by atoms with Gasteiger partial charge in [-0.1, -0.05) is 6.07 Å². The van der Waals surface area contributed by atoms with Gasteiger partial charge in [-0.3, -0.25) is 4.79 Å². The number of nitrogens with one attached hydrogen (secondary N) is 1. The average molecular weight is 425 g/mol. The highest BCUT2D eigenvalue weighted by molar-refractivity contribution is 7.13. The Bertz CT molecular complexity index is 1110. The van der Waals surface area contributed by atoms with Crippen molar-refractivity contribution >= 4 is 28.9 Å². The summed E-state index contributed by atoms with van der Waals surface area (Å²) in [5.74, 6) is -1.08. The molecule has 0 bridgehead atoms. The first-order valence-corrected chi connectivity index (χ1v) is 9.58. The van der Waals surface area contributed by atoms with Crippen LogP contribution >= 0.6 is 11.3 Å². The number of hydrogen-bond acceptors (Lipinski definition) is 7. The third-order valence-electron chi connectivity index (χ3n) is 3.81. The molecule has 0 aliphatic heterocycles. The standard InChI is InChI=1S/C21H16FN3O4S/c1-13-20(30-19(24-13)12-28-17-7-5-15(22)6-8-17)21(27)29-11-18(26)25-16-4-2-3-14(9-16)10-23/h2-9H,11-12H2,1H3,(H,25,26). The normalized spacial score (nSPS) is 10.2. The van der Waals surface area contributed by atoms with Crippen LogP contribution in [-0.2, 0) is 16.1 Å². The summed E-state index contributed by atoms with van der Waals surface area (Å²) in [5, 5.41) is 12.0. The van der Waals surface area contributed by atoms with Gasteiger partial charge in [-0.15, -0.1) is 11.3 Å². The first kappa shape index (κ1) is 21.0. The third-order valence-corrected chi connectivity index (χ3v) is 4.92. The van der Waals surface area contributed by atoms with Gasteiger partial charge in [-0.05, 0) is 49.4 Å². The van der Waals surface area contributed by atoms with Crippen LogP contribution in [-0.4, -0.2) is 23.5 Å². The van der Waals surface area contributed by atoms with Gasteiger partial charge in [-0.2, -0.15) is 5.26 Å². The highest BCUT2D eigenvalue weighted by Gasteiger charge is 2.18. The number of nitriles is 1. The SMILES string of the molecule is Cc1nc(COc2ccc(F)cc2)sc1C(=O)OCC(=O)Nc1cccc(C#N)c1. The Hall–Kier alpha value is -3.77. The van der Waals surface area contributed by atoms with E-state index in [1.165, 1.54) is 30.3 Å². The molecule has 1 amide bonds. The molecule has 7 nitrogen and oxygen atoms in total. The fourth-order valence-corrected chi connectivity index (χ4v) is 3.31. The first-order valence-electron chi connectivity index (χ1n) is 8.76. The molecule has 0 saturated carbocycles. The van der Waals surface area contributed by atoms with E-state index in [4.69, 9.17) is 14.7 Å². The zero-order valence-corrected chi connectivity index (χ0v) is 16.7. The minimum Gasteiger partial charge on any atom is -0.486 e. The second kappa shape index (κ2) is 9.62. The predicted octanol–water partition coefficient (Wildman–Crippen LogP) is 3.84. The number of ether oxygens (including phenoxy) is 2. The Morgan fingerprint density at radius 1 is 1.23 bits per heavy atom. The summed E-state index contributed by atoms with van der Waals surface area (Å²) >= 11 is 1.10. The van der Waals surface area contributed by atoms with Crippen molar-refractivity contribution in [3.05, 3.63) is 75.5 Å². The Kier molecular flexibility index (Phi) is 6.72. The van der Waals surface area contributed by atoms with Crippen molar-refractivity contribution in [2.75, 3.05) is 11.9 Å². The van der Waals surface area contributed by atoms with Crippen LogP contribution < -0.4 is 10.1 Å². The van der Waals surface area contributed by atoms with Gasteiger partial charge >= 0.3 is 5.97 Å². The molecule has 0 aliphatic rings. The van der Waals surface area contributed by atoms with E-state index in [0.29, 0.717) is 27.7 Å². The van der Waals surface area contributed by atoms with Crippen molar-refractivity contribution in [3.8, 4) is 11.8 Å². The van der Waals surface area contributed by atoms with Crippen LogP contribution in [0.3, 0.4) is 0 Å². The number of hydrogen-bond donors (Lipinski definition) is 1. The minimum atomic E-state index is -0.668.